The molecular formula is C16H13FO5. The normalized spacial score (nSPS) is 10.1. The molecule has 114 valence electrons. The lowest BCUT2D eigenvalue weighted by molar-refractivity contribution is 0.0600. The van der Waals surface area contributed by atoms with E-state index in [1.807, 2.05) is 0 Å². The molecule has 0 saturated carbocycles. The molecule has 0 atom stereocenters. The minimum absolute atomic E-state index is 0.0186. The first-order valence-corrected chi connectivity index (χ1v) is 6.27. The molecule has 0 spiro atoms. The molecule has 0 aliphatic heterocycles. The third-order valence-electron chi connectivity index (χ3n) is 3.13. The lowest BCUT2D eigenvalue weighted by atomic mass is 10.00. The Morgan fingerprint density at radius 3 is 2.27 bits per heavy atom. The van der Waals surface area contributed by atoms with Crippen molar-refractivity contribution in [2.75, 3.05) is 14.2 Å². The van der Waals surface area contributed by atoms with Crippen molar-refractivity contribution in [1.29, 1.82) is 0 Å². The Kier molecular flexibility index (Phi) is 4.41. The zero-order valence-corrected chi connectivity index (χ0v) is 11.9. The summed E-state index contributed by atoms with van der Waals surface area (Å²) in [6.07, 6.45) is 0. The zero-order chi connectivity index (χ0) is 16.3. The fraction of sp³-hybridized carbons (Fsp3) is 0.125. The summed E-state index contributed by atoms with van der Waals surface area (Å²) < 4.78 is 23.8. The molecule has 5 nitrogen and oxygen atoms in total. The van der Waals surface area contributed by atoms with Gasteiger partial charge in [-0.2, -0.15) is 0 Å². The van der Waals surface area contributed by atoms with Crippen LogP contribution in [0.5, 0.6) is 5.75 Å². The van der Waals surface area contributed by atoms with Gasteiger partial charge in [-0.25, -0.2) is 14.0 Å². The lowest BCUT2D eigenvalue weighted by Gasteiger charge is -2.11. The van der Waals surface area contributed by atoms with Gasteiger partial charge in [-0.3, -0.25) is 0 Å². The smallest absolute Gasteiger partial charge is 0.337 e. The number of benzene rings is 2. The molecule has 0 radical (unpaired) electrons. The molecule has 22 heavy (non-hydrogen) atoms. The van der Waals surface area contributed by atoms with Crippen LogP contribution in [0.2, 0.25) is 0 Å². The van der Waals surface area contributed by atoms with Gasteiger partial charge in [-0.05, 0) is 36.4 Å². The first-order chi connectivity index (χ1) is 10.5. The summed E-state index contributed by atoms with van der Waals surface area (Å²) in [5.41, 5.74) is 0.667. The summed E-state index contributed by atoms with van der Waals surface area (Å²) in [5.74, 6) is -2.08. The van der Waals surface area contributed by atoms with Crippen LogP contribution >= 0.6 is 0 Å². The summed E-state index contributed by atoms with van der Waals surface area (Å²) in [5, 5.41) is 8.98. The Morgan fingerprint density at radius 2 is 1.68 bits per heavy atom. The number of aromatic carboxylic acids is 1. The SMILES string of the molecule is COC(=O)c1ccc(F)c(-c2ccc(C(=O)O)cc2OC)c1. The van der Waals surface area contributed by atoms with Crippen LogP contribution in [0.1, 0.15) is 20.7 Å². The summed E-state index contributed by atoms with van der Waals surface area (Å²) >= 11 is 0. The fourth-order valence-electron chi connectivity index (χ4n) is 2.02. The minimum atomic E-state index is -1.12. The Balaban J connectivity index is 2.60. The number of methoxy groups -OCH3 is 2. The third-order valence-corrected chi connectivity index (χ3v) is 3.13. The second-order valence-electron chi connectivity index (χ2n) is 4.41. The maximum Gasteiger partial charge on any atom is 0.337 e. The van der Waals surface area contributed by atoms with Crippen LogP contribution in [0.3, 0.4) is 0 Å². The van der Waals surface area contributed by atoms with E-state index in [1.165, 1.54) is 44.6 Å². The standard InChI is InChI=1S/C16H13FO5/c1-21-14-8-9(15(18)19)3-5-11(14)12-7-10(16(20)22-2)4-6-13(12)17/h3-8H,1-2H3,(H,18,19). The van der Waals surface area contributed by atoms with Crippen molar-refractivity contribution >= 4 is 11.9 Å². The van der Waals surface area contributed by atoms with E-state index in [0.717, 1.165) is 6.07 Å². The van der Waals surface area contributed by atoms with Crippen molar-refractivity contribution in [1.82, 2.24) is 0 Å². The van der Waals surface area contributed by atoms with Crippen molar-refractivity contribution in [3.05, 3.63) is 53.3 Å². The number of rotatable bonds is 4. The van der Waals surface area contributed by atoms with Gasteiger partial charge in [-0.15, -0.1) is 0 Å². The van der Waals surface area contributed by atoms with Crippen molar-refractivity contribution in [2.24, 2.45) is 0 Å². The zero-order valence-electron chi connectivity index (χ0n) is 11.9. The molecular weight excluding hydrogens is 291 g/mol. The first kappa shape index (κ1) is 15.5. The number of ether oxygens (including phenoxy) is 2. The van der Waals surface area contributed by atoms with E-state index in [1.54, 1.807) is 0 Å². The topological polar surface area (TPSA) is 72.8 Å². The van der Waals surface area contributed by atoms with Crippen LogP contribution in [0.25, 0.3) is 11.1 Å². The Morgan fingerprint density at radius 1 is 1.00 bits per heavy atom. The van der Waals surface area contributed by atoms with E-state index in [-0.39, 0.29) is 22.4 Å². The van der Waals surface area contributed by atoms with Gasteiger partial charge in [0, 0.05) is 11.1 Å². The van der Waals surface area contributed by atoms with Gasteiger partial charge in [0.25, 0.3) is 0 Å². The number of carbonyl (C=O) groups is 2. The van der Waals surface area contributed by atoms with E-state index in [4.69, 9.17) is 9.84 Å². The minimum Gasteiger partial charge on any atom is -0.496 e. The van der Waals surface area contributed by atoms with Gasteiger partial charge < -0.3 is 14.6 Å². The highest BCUT2D eigenvalue weighted by molar-refractivity contribution is 5.92. The van der Waals surface area contributed by atoms with Crippen LogP contribution in [0.4, 0.5) is 4.39 Å². The molecule has 2 aromatic rings. The molecule has 0 heterocycles. The van der Waals surface area contributed by atoms with E-state index in [0.29, 0.717) is 5.56 Å². The van der Waals surface area contributed by atoms with Crippen molar-refractivity contribution in [3.8, 4) is 16.9 Å². The Hall–Kier alpha value is -2.89. The molecule has 0 bridgehead atoms. The van der Waals surface area contributed by atoms with Crippen LogP contribution in [0, 0.1) is 5.82 Å². The number of hydrogen-bond acceptors (Lipinski definition) is 4. The van der Waals surface area contributed by atoms with Crippen LogP contribution < -0.4 is 4.74 Å². The van der Waals surface area contributed by atoms with Gasteiger partial charge in [0.1, 0.15) is 11.6 Å². The molecule has 2 aromatic carbocycles. The molecule has 0 aromatic heterocycles. The monoisotopic (exact) mass is 304 g/mol. The van der Waals surface area contributed by atoms with Crippen molar-refractivity contribution in [2.45, 2.75) is 0 Å². The highest BCUT2D eigenvalue weighted by Crippen LogP contribution is 2.33. The fourth-order valence-corrected chi connectivity index (χ4v) is 2.02. The van der Waals surface area contributed by atoms with Gasteiger partial charge in [-0.1, -0.05) is 0 Å². The number of carbonyl (C=O) groups excluding carboxylic acids is 1. The average molecular weight is 304 g/mol. The number of hydrogen-bond donors (Lipinski definition) is 1. The largest absolute Gasteiger partial charge is 0.496 e. The van der Waals surface area contributed by atoms with Gasteiger partial charge in [0.2, 0.25) is 0 Å². The predicted octanol–water partition coefficient (Wildman–Crippen LogP) is 2.99. The molecule has 0 fully saturated rings. The molecule has 0 aliphatic rings. The highest BCUT2D eigenvalue weighted by atomic mass is 19.1. The summed E-state index contributed by atoms with van der Waals surface area (Å²) in [6, 6.07) is 7.85. The molecule has 0 amide bonds. The maximum atomic E-state index is 14.1. The van der Waals surface area contributed by atoms with Gasteiger partial charge in [0.05, 0.1) is 25.3 Å². The van der Waals surface area contributed by atoms with Crippen LogP contribution in [-0.4, -0.2) is 31.3 Å². The van der Waals surface area contributed by atoms with E-state index in [2.05, 4.69) is 4.74 Å². The van der Waals surface area contributed by atoms with Crippen LogP contribution in [-0.2, 0) is 4.74 Å². The first-order valence-electron chi connectivity index (χ1n) is 6.27. The lowest BCUT2D eigenvalue weighted by Crippen LogP contribution is -2.03. The summed E-state index contributed by atoms with van der Waals surface area (Å²) in [4.78, 5) is 22.5. The van der Waals surface area contributed by atoms with Crippen LogP contribution in [0.15, 0.2) is 36.4 Å². The summed E-state index contributed by atoms with van der Waals surface area (Å²) in [6.45, 7) is 0. The molecule has 0 aliphatic carbocycles. The number of halogens is 1. The van der Waals surface area contributed by atoms with Gasteiger partial charge in [0.15, 0.2) is 0 Å². The molecule has 1 N–H and O–H groups in total. The second-order valence-corrected chi connectivity index (χ2v) is 4.41. The van der Waals surface area contributed by atoms with E-state index < -0.39 is 17.8 Å². The van der Waals surface area contributed by atoms with E-state index in [9.17, 15) is 14.0 Å². The van der Waals surface area contributed by atoms with Crippen molar-refractivity contribution in [3.63, 3.8) is 0 Å². The number of esters is 1. The Bertz CT molecular complexity index is 739. The Labute approximate surface area is 125 Å². The number of carboxylic acid groups (broad SMARTS) is 1. The second kappa shape index (κ2) is 6.26. The molecule has 0 saturated heterocycles. The maximum absolute atomic E-state index is 14.1. The quantitative estimate of drug-likeness (QED) is 0.879. The predicted molar refractivity (Wildman–Crippen MR) is 76.7 cm³/mol. The summed E-state index contributed by atoms with van der Waals surface area (Å²) in [7, 11) is 2.58. The number of carboxylic acids is 1. The molecule has 0 unspecified atom stereocenters. The van der Waals surface area contributed by atoms with Crippen molar-refractivity contribution < 1.29 is 28.6 Å². The highest BCUT2D eigenvalue weighted by Gasteiger charge is 2.16. The molecule has 2 rings (SSSR count). The average Bonchev–Trinajstić information content (AvgIpc) is 2.54. The van der Waals surface area contributed by atoms with Gasteiger partial charge >= 0.3 is 11.9 Å². The van der Waals surface area contributed by atoms with E-state index >= 15 is 0 Å². The molecule has 6 heteroatoms. The third kappa shape index (κ3) is 2.90.